The Hall–Kier alpha value is -5.99. The average Bonchev–Trinajstić information content (AvgIpc) is 3.20. The van der Waals surface area contributed by atoms with Crippen molar-refractivity contribution < 1.29 is 0 Å². The van der Waals surface area contributed by atoms with Gasteiger partial charge >= 0.3 is 0 Å². The molecule has 0 bridgehead atoms. The predicted molar refractivity (Wildman–Crippen MR) is 234 cm³/mol. The monoisotopic (exact) mass is 702 g/mol. The fourth-order valence-electron chi connectivity index (χ4n) is 7.80. The summed E-state index contributed by atoms with van der Waals surface area (Å²) in [5.41, 5.74) is 18.2. The lowest BCUT2D eigenvalue weighted by Gasteiger charge is -2.25. The van der Waals surface area contributed by atoms with Crippen molar-refractivity contribution in [1.29, 1.82) is 0 Å². The molecular weight excluding hydrogens is 653 g/mol. The molecule has 0 saturated carbocycles. The van der Waals surface area contributed by atoms with Crippen molar-refractivity contribution in [2.45, 2.75) is 58.8 Å². The van der Waals surface area contributed by atoms with Crippen LogP contribution in [0.2, 0.25) is 0 Å². The molecule has 2 heteroatoms. The van der Waals surface area contributed by atoms with E-state index in [1.165, 1.54) is 61.2 Å². The van der Waals surface area contributed by atoms with Crippen LogP contribution < -0.4 is 5.32 Å². The van der Waals surface area contributed by atoms with Crippen LogP contribution in [0, 0.1) is 13.8 Å². The molecule has 7 rings (SSSR count). The maximum atomic E-state index is 4.96. The summed E-state index contributed by atoms with van der Waals surface area (Å²) in [5.74, 6) is 0.309. The molecule has 2 aliphatic rings. The maximum absolute atomic E-state index is 4.96. The number of aliphatic imine (C=N–C) groups is 1. The minimum Gasteiger partial charge on any atom is -0.356 e. The SMILES string of the molecule is C=CC1C=CC(C2=CC=CC(c3cc(Nc4ccccc4)cc(-c4cc(N=C(C)/C=C\CC)ccc4C)c3C)C2)=CCc2ccccc2-c2ccccc21. The summed E-state index contributed by atoms with van der Waals surface area (Å²) in [6, 6.07) is 39.3. The van der Waals surface area contributed by atoms with Gasteiger partial charge in [-0.3, -0.25) is 4.99 Å². The van der Waals surface area contributed by atoms with Gasteiger partial charge in [0.1, 0.15) is 0 Å². The molecule has 5 aromatic carbocycles. The van der Waals surface area contributed by atoms with E-state index in [4.69, 9.17) is 4.99 Å². The van der Waals surface area contributed by atoms with Crippen molar-refractivity contribution in [3.8, 4) is 22.3 Å². The van der Waals surface area contributed by atoms with E-state index in [9.17, 15) is 0 Å². The van der Waals surface area contributed by atoms with E-state index in [1.807, 2.05) is 0 Å². The lowest BCUT2D eigenvalue weighted by molar-refractivity contribution is 0.815. The van der Waals surface area contributed by atoms with Crippen molar-refractivity contribution in [2.24, 2.45) is 4.99 Å². The molecule has 0 fully saturated rings. The summed E-state index contributed by atoms with van der Waals surface area (Å²) in [5, 5.41) is 3.73. The molecule has 54 heavy (non-hydrogen) atoms. The lowest BCUT2D eigenvalue weighted by Crippen LogP contribution is -2.07. The predicted octanol–water partition coefficient (Wildman–Crippen LogP) is 14.4. The van der Waals surface area contributed by atoms with Gasteiger partial charge in [-0.05, 0) is 144 Å². The van der Waals surface area contributed by atoms with E-state index in [0.29, 0.717) is 0 Å². The van der Waals surface area contributed by atoms with Gasteiger partial charge in [-0.25, -0.2) is 0 Å². The van der Waals surface area contributed by atoms with E-state index in [-0.39, 0.29) is 11.8 Å². The zero-order valence-corrected chi connectivity index (χ0v) is 32.0. The first-order chi connectivity index (χ1) is 26.4. The molecule has 5 aromatic rings. The summed E-state index contributed by atoms with van der Waals surface area (Å²) in [6.45, 7) is 13.0. The number of nitrogens with zero attached hydrogens (tertiary/aromatic N) is 1. The molecule has 0 spiro atoms. The third kappa shape index (κ3) is 8.14. The highest BCUT2D eigenvalue weighted by atomic mass is 14.9. The Morgan fingerprint density at radius 3 is 2.39 bits per heavy atom. The van der Waals surface area contributed by atoms with E-state index in [2.05, 4.69) is 203 Å². The Bertz CT molecular complexity index is 2340. The minimum absolute atomic E-state index is 0.103. The number of rotatable bonds is 9. The zero-order chi connectivity index (χ0) is 37.4. The fraction of sp³-hybridized carbons (Fsp3) is 0.173. The summed E-state index contributed by atoms with van der Waals surface area (Å²) in [7, 11) is 0. The number of fused-ring (bicyclic) bond motifs is 3. The summed E-state index contributed by atoms with van der Waals surface area (Å²) in [4.78, 5) is 4.96. The van der Waals surface area contributed by atoms with Crippen molar-refractivity contribution in [3.63, 3.8) is 0 Å². The normalized spacial score (nSPS) is 17.0. The van der Waals surface area contributed by atoms with E-state index < -0.39 is 0 Å². The number of hydrogen-bond acceptors (Lipinski definition) is 2. The highest BCUT2D eigenvalue weighted by Crippen LogP contribution is 2.42. The Labute approximate surface area is 322 Å². The standard InChI is InChI=1S/C52H50N2/c1-6-8-17-37(4)53-45-31-26-36(3)50(33-45)52-35-46(54-44-21-10-9-11-22-44)34-51(38(52)5)43-20-16-19-42(32-43)40-28-27-39(7-2)47-23-14-15-25-49(47)48-24-13-12-18-41(48)30-29-40/h7-29,31,33-35,39,43,54H,2,6,30,32H2,1,3-5H3/b17-8-,28-27?,40-29?,53-37?. The van der Waals surface area contributed by atoms with Crippen molar-refractivity contribution >= 4 is 22.8 Å². The molecule has 0 radical (unpaired) electrons. The highest BCUT2D eigenvalue weighted by Gasteiger charge is 2.22. The molecule has 0 heterocycles. The molecule has 2 aliphatic carbocycles. The lowest BCUT2D eigenvalue weighted by atomic mass is 9.80. The van der Waals surface area contributed by atoms with Gasteiger partial charge in [0.15, 0.2) is 0 Å². The van der Waals surface area contributed by atoms with Crippen LogP contribution in [0.25, 0.3) is 22.3 Å². The second-order valence-electron chi connectivity index (χ2n) is 14.4. The Balaban J connectivity index is 1.28. The van der Waals surface area contributed by atoms with E-state index in [0.717, 1.165) is 42.0 Å². The van der Waals surface area contributed by atoms with Crippen molar-refractivity contribution in [3.05, 3.63) is 209 Å². The topological polar surface area (TPSA) is 24.4 Å². The van der Waals surface area contributed by atoms with Gasteiger partial charge in [0.05, 0.1) is 5.69 Å². The quantitative estimate of drug-likeness (QED) is 0.120. The van der Waals surface area contributed by atoms with E-state index >= 15 is 0 Å². The van der Waals surface area contributed by atoms with Gasteiger partial charge in [0.2, 0.25) is 0 Å². The Morgan fingerprint density at radius 2 is 1.57 bits per heavy atom. The first-order valence-electron chi connectivity index (χ1n) is 19.3. The van der Waals surface area contributed by atoms with Gasteiger partial charge in [-0.1, -0.05) is 128 Å². The number of hydrogen-bond donors (Lipinski definition) is 1. The fourth-order valence-corrected chi connectivity index (χ4v) is 7.80. The van der Waals surface area contributed by atoms with Crippen LogP contribution in [0.4, 0.5) is 17.1 Å². The molecular formula is C52H50N2. The largest absolute Gasteiger partial charge is 0.356 e. The Kier molecular flexibility index (Phi) is 11.3. The second kappa shape index (κ2) is 16.8. The third-order valence-corrected chi connectivity index (χ3v) is 10.7. The number of para-hydroxylation sites is 1. The smallest absolute Gasteiger partial charge is 0.0639 e. The highest BCUT2D eigenvalue weighted by molar-refractivity contribution is 5.95. The van der Waals surface area contributed by atoms with Gasteiger partial charge < -0.3 is 5.32 Å². The molecule has 2 atom stereocenters. The molecule has 268 valence electrons. The Morgan fingerprint density at radius 1 is 0.796 bits per heavy atom. The number of nitrogens with one attached hydrogen (secondary N) is 1. The van der Waals surface area contributed by atoms with Crippen LogP contribution in [-0.4, -0.2) is 5.71 Å². The number of aryl methyl sites for hydroxylation is 1. The maximum Gasteiger partial charge on any atom is 0.0639 e. The third-order valence-electron chi connectivity index (χ3n) is 10.7. The average molecular weight is 703 g/mol. The van der Waals surface area contributed by atoms with Gasteiger partial charge in [0.25, 0.3) is 0 Å². The first-order valence-corrected chi connectivity index (χ1v) is 19.3. The first kappa shape index (κ1) is 36.4. The minimum atomic E-state index is 0.103. The number of benzene rings is 5. The second-order valence-corrected chi connectivity index (χ2v) is 14.4. The van der Waals surface area contributed by atoms with Crippen LogP contribution >= 0.6 is 0 Å². The molecule has 0 aromatic heterocycles. The van der Waals surface area contributed by atoms with Gasteiger partial charge in [-0.15, -0.1) is 6.58 Å². The van der Waals surface area contributed by atoms with Crippen LogP contribution in [-0.2, 0) is 6.42 Å². The van der Waals surface area contributed by atoms with Crippen LogP contribution in [0.5, 0.6) is 0 Å². The molecule has 0 amide bonds. The zero-order valence-electron chi connectivity index (χ0n) is 32.0. The van der Waals surface area contributed by atoms with Crippen LogP contribution in [0.1, 0.15) is 66.3 Å². The summed E-state index contributed by atoms with van der Waals surface area (Å²) < 4.78 is 0. The summed E-state index contributed by atoms with van der Waals surface area (Å²) >= 11 is 0. The van der Waals surface area contributed by atoms with E-state index in [1.54, 1.807) is 0 Å². The van der Waals surface area contributed by atoms with Gasteiger partial charge in [0, 0.05) is 28.9 Å². The number of allylic oxidation sites excluding steroid dienone is 11. The van der Waals surface area contributed by atoms with Crippen molar-refractivity contribution in [1.82, 2.24) is 0 Å². The molecule has 0 saturated heterocycles. The van der Waals surface area contributed by atoms with Crippen molar-refractivity contribution in [2.75, 3.05) is 5.32 Å². The summed E-state index contributed by atoms with van der Waals surface area (Å²) in [6.07, 6.45) is 23.1. The number of anilines is 2. The van der Waals surface area contributed by atoms with Gasteiger partial charge in [-0.2, -0.15) is 0 Å². The van der Waals surface area contributed by atoms with Crippen LogP contribution in [0.3, 0.4) is 0 Å². The molecule has 1 N–H and O–H groups in total. The molecule has 2 nitrogen and oxygen atoms in total. The molecule has 0 aliphatic heterocycles. The van der Waals surface area contributed by atoms with Crippen LogP contribution in [0.15, 0.2) is 187 Å². The molecule has 2 unspecified atom stereocenters.